The standard InChI is InChI=1S/C13H18N2O2S/c1-10(14-9-11-5-4-8-18-11)12-6-2-3-7-13(12)15(16)17/h2-3,6-7,10-11,14H,4-5,8-9H2,1H3. The zero-order valence-corrected chi connectivity index (χ0v) is 11.3. The van der Waals surface area contributed by atoms with Crippen molar-refractivity contribution >= 4 is 17.4 Å². The Morgan fingerprint density at radius 3 is 3.00 bits per heavy atom. The van der Waals surface area contributed by atoms with Gasteiger partial charge in [0.1, 0.15) is 0 Å². The third kappa shape index (κ3) is 3.23. The average Bonchev–Trinajstić information content (AvgIpc) is 2.89. The lowest BCUT2D eigenvalue weighted by atomic mass is 10.1. The van der Waals surface area contributed by atoms with Gasteiger partial charge in [0, 0.05) is 29.5 Å². The molecule has 1 aromatic carbocycles. The van der Waals surface area contributed by atoms with Crippen LogP contribution in [0, 0.1) is 10.1 Å². The summed E-state index contributed by atoms with van der Waals surface area (Å²) in [5, 5.41) is 15.0. The van der Waals surface area contributed by atoms with Crippen LogP contribution in [0.25, 0.3) is 0 Å². The van der Waals surface area contributed by atoms with E-state index in [0.717, 1.165) is 12.1 Å². The van der Waals surface area contributed by atoms with E-state index in [1.807, 2.05) is 30.8 Å². The predicted molar refractivity (Wildman–Crippen MR) is 75.0 cm³/mol. The summed E-state index contributed by atoms with van der Waals surface area (Å²) in [6.45, 7) is 2.92. The first-order chi connectivity index (χ1) is 8.68. The fraction of sp³-hybridized carbons (Fsp3) is 0.538. The van der Waals surface area contributed by atoms with Crippen LogP contribution in [0.5, 0.6) is 0 Å². The van der Waals surface area contributed by atoms with E-state index in [0.29, 0.717) is 5.25 Å². The first-order valence-corrected chi connectivity index (χ1v) is 7.31. The highest BCUT2D eigenvalue weighted by Crippen LogP contribution is 2.28. The summed E-state index contributed by atoms with van der Waals surface area (Å²) >= 11 is 1.99. The first kappa shape index (κ1) is 13.4. The molecule has 1 aliphatic rings. The molecule has 98 valence electrons. The molecule has 0 radical (unpaired) electrons. The lowest BCUT2D eigenvalue weighted by Crippen LogP contribution is -2.26. The van der Waals surface area contributed by atoms with Gasteiger partial charge in [-0.25, -0.2) is 0 Å². The number of nitro benzene ring substituents is 1. The molecule has 4 nitrogen and oxygen atoms in total. The topological polar surface area (TPSA) is 55.2 Å². The van der Waals surface area contributed by atoms with Gasteiger partial charge in [0.2, 0.25) is 0 Å². The van der Waals surface area contributed by atoms with Crippen LogP contribution < -0.4 is 5.32 Å². The molecular formula is C13H18N2O2S. The van der Waals surface area contributed by atoms with Crippen molar-refractivity contribution in [1.82, 2.24) is 5.32 Å². The van der Waals surface area contributed by atoms with Crippen molar-refractivity contribution in [2.45, 2.75) is 31.1 Å². The number of thioether (sulfide) groups is 1. The Bertz CT molecular complexity index is 419. The molecule has 2 atom stereocenters. The zero-order valence-electron chi connectivity index (χ0n) is 10.5. The van der Waals surface area contributed by atoms with Crippen molar-refractivity contribution in [2.24, 2.45) is 0 Å². The van der Waals surface area contributed by atoms with Crippen LogP contribution in [0.15, 0.2) is 24.3 Å². The number of nitro groups is 1. The predicted octanol–water partition coefficient (Wildman–Crippen LogP) is 3.14. The second kappa shape index (κ2) is 6.20. The van der Waals surface area contributed by atoms with Gasteiger partial charge >= 0.3 is 0 Å². The van der Waals surface area contributed by atoms with Gasteiger partial charge in [0.05, 0.1) is 4.92 Å². The summed E-state index contributed by atoms with van der Waals surface area (Å²) in [4.78, 5) is 10.7. The Morgan fingerprint density at radius 2 is 2.33 bits per heavy atom. The van der Waals surface area contributed by atoms with Crippen LogP contribution in [0.1, 0.15) is 31.4 Å². The Balaban J connectivity index is 1.99. The molecule has 0 bridgehead atoms. The number of para-hydroxylation sites is 1. The minimum atomic E-state index is -0.308. The Labute approximate surface area is 111 Å². The first-order valence-electron chi connectivity index (χ1n) is 6.27. The zero-order chi connectivity index (χ0) is 13.0. The third-order valence-corrected chi connectivity index (χ3v) is 4.67. The molecular weight excluding hydrogens is 248 g/mol. The number of nitrogens with one attached hydrogen (secondary N) is 1. The van der Waals surface area contributed by atoms with Crippen molar-refractivity contribution < 1.29 is 4.92 Å². The van der Waals surface area contributed by atoms with Gasteiger partial charge < -0.3 is 5.32 Å². The minimum Gasteiger partial charge on any atom is -0.309 e. The highest BCUT2D eigenvalue weighted by atomic mass is 32.2. The maximum absolute atomic E-state index is 11.0. The lowest BCUT2D eigenvalue weighted by molar-refractivity contribution is -0.385. The van der Waals surface area contributed by atoms with Crippen LogP contribution in [0.3, 0.4) is 0 Å². The van der Waals surface area contributed by atoms with Crippen LogP contribution >= 0.6 is 11.8 Å². The van der Waals surface area contributed by atoms with Gasteiger partial charge in [-0.3, -0.25) is 10.1 Å². The molecule has 0 amide bonds. The van der Waals surface area contributed by atoms with E-state index in [4.69, 9.17) is 0 Å². The van der Waals surface area contributed by atoms with Gasteiger partial charge in [-0.05, 0) is 25.5 Å². The van der Waals surface area contributed by atoms with Gasteiger partial charge in [-0.2, -0.15) is 11.8 Å². The van der Waals surface area contributed by atoms with Gasteiger partial charge in [-0.1, -0.05) is 18.2 Å². The molecule has 1 saturated heterocycles. The lowest BCUT2D eigenvalue weighted by Gasteiger charge is -2.17. The second-order valence-corrected chi connectivity index (χ2v) is 5.99. The van der Waals surface area contributed by atoms with Crippen molar-refractivity contribution in [1.29, 1.82) is 0 Å². The van der Waals surface area contributed by atoms with E-state index in [2.05, 4.69) is 5.32 Å². The number of rotatable bonds is 5. The smallest absolute Gasteiger partial charge is 0.274 e. The maximum atomic E-state index is 11.0. The summed E-state index contributed by atoms with van der Waals surface area (Å²) in [5.74, 6) is 1.24. The molecule has 1 fully saturated rings. The Kier molecular flexibility index (Phi) is 4.60. The van der Waals surface area contributed by atoms with E-state index in [1.165, 1.54) is 18.6 Å². The number of nitrogens with zero attached hydrogens (tertiary/aromatic N) is 1. The monoisotopic (exact) mass is 266 g/mol. The molecule has 5 heteroatoms. The second-order valence-electron chi connectivity index (χ2n) is 4.58. The fourth-order valence-electron chi connectivity index (χ4n) is 2.24. The molecule has 2 unspecified atom stereocenters. The van der Waals surface area contributed by atoms with Crippen LogP contribution in [-0.4, -0.2) is 22.5 Å². The summed E-state index contributed by atoms with van der Waals surface area (Å²) in [6, 6.07) is 6.98. The summed E-state index contributed by atoms with van der Waals surface area (Å²) in [7, 11) is 0. The van der Waals surface area contributed by atoms with Crippen molar-refractivity contribution in [3.63, 3.8) is 0 Å². The third-order valence-electron chi connectivity index (χ3n) is 3.28. The van der Waals surface area contributed by atoms with E-state index in [9.17, 15) is 10.1 Å². The molecule has 1 aliphatic heterocycles. The average molecular weight is 266 g/mol. The molecule has 0 aliphatic carbocycles. The van der Waals surface area contributed by atoms with Gasteiger partial charge in [0.25, 0.3) is 5.69 Å². The van der Waals surface area contributed by atoms with Crippen molar-refractivity contribution in [2.75, 3.05) is 12.3 Å². The Morgan fingerprint density at radius 1 is 1.56 bits per heavy atom. The van der Waals surface area contributed by atoms with E-state index >= 15 is 0 Å². The van der Waals surface area contributed by atoms with E-state index in [-0.39, 0.29) is 16.7 Å². The van der Waals surface area contributed by atoms with Gasteiger partial charge in [0.15, 0.2) is 0 Å². The molecule has 1 heterocycles. The molecule has 0 aromatic heterocycles. The summed E-state index contributed by atoms with van der Waals surface area (Å²) in [5.41, 5.74) is 0.974. The number of hydrogen-bond acceptors (Lipinski definition) is 4. The molecule has 1 N–H and O–H groups in total. The van der Waals surface area contributed by atoms with Gasteiger partial charge in [-0.15, -0.1) is 0 Å². The quantitative estimate of drug-likeness (QED) is 0.657. The molecule has 0 spiro atoms. The largest absolute Gasteiger partial charge is 0.309 e. The van der Waals surface area contributed by atoms with Crippen molar-refractivity contribution in [3.05, 3.63) is 39.9 Å². The highest BCUT2D eigenvalue weighted by molar-refractivity contribution is 8.00. The number of hydrogen-bond donors (Lipinski definition) is 1. The fourth-order valence-corrected chi connectivity index (χ4v) is 3.46. The van der Waals surface area contributed by atoms with Crippen LogP contribution in [-0.2, 0) is 0 Å². The molecule has 2 rings (SSSR count). The van der Waals surface area contributed by atoms with E-state index < -0.39 is 0 Å². The maximum Gasteiger partial charge on any atom is 0.274 e. The normalized spacial score (nSPS) is 20.8. The SMILES string of the molecule is CC(NCC1CCCS1)c1ccccc1[N+](=O)[O-]. The molecule has 1 aromatic rings. The molecule has 0 saturated carbocycles. The Hall–Kier alpha value is -1.07. The minimum absolute atomic E-state index is 0.0211. The summed E-state index contributed by atoms with van der Waals surface area (Å²) < 4.78 is 0. The summed E-state index contributed by atoms with van der Waals surface area (Å²) in [6.07, 6.45) is 2.54. The highest BCUT2D eigenvalue weighted by Gasteiger charge is 2.20. The van der Waals surface area contributed by atoms with Crippen LogP contribution in [0.2, 0.25) is 0 Å². The molecule has 18 heavy (non-hydrogen) atoms. The number of benzene rings is 1. The van der Waals surface area contributed by atoms with E-state index in [1.54, 1.807) is 12.1 Å². The van der Waals surface area contributed by atoms with Crippen molar-refractivity contribution in [3.8, 4) is 0 Å². The van der Waals surface area contributed by atoms with Crippen LogP contribution in [0.4, 0.5) is 5.69 Å².